The molecule has 3 nitrogen and oxygen atoms in total. The smallest absolute Gasteiger partial charge is 0.225 e. The van der Waals surface area contributed by atoms with Gasteiger partial charge in [0.2, 0.25) is 5.91 Å². The first kappa shape index (κ1) is 15.8. The van der Waals surface area contributed by atoms with Crippen molar-refractivity contribution in [3.05, 3.63) is 0 Å². The summed E-state index contributed by atoms with van der Waals surface area (Å²) in [5.74, 6) is 1.46. The predicted octanol–water partition coefficient (Wildman–Crippen LogP) is 3.19. The summed E-state index contributed by atoms with van der Waals surface area (Å²) in [6, 6.07) is 0.577. The van der Waals surface area contributed by atoms with E-state index in [0.29, 0.717) is 11.9 Å². The highest BCUT2D eigenvalue weighted by Crippen LogP contribution is 2.31. The standard InChI is InChI=1S/C17H32N2O/c1-3-5-6-15(4-2)17(20)19(16-7-8-16)13-14-9-11-18-12-10-14/h14-16,18H,3-13H2,1-2H3. The molecule has 1 aliphatic carbocycles. The molecule has 2 fully saturated rings. The average Bonchev–Trinajstić information content (AvgIpc) is 3.31. The van der Waals surface area contributed by atoms with Crippen molar-refractivity contribution in [1.82, 2.24) is 10.2 Å². The molecule has 1 aliphatic heterocycles. The van der Waals surface area contributed by atoms with Gasteiger partial charge in [-0.15, -0.1) is 0 Å². The van der Waals surface area contributed by atoms with Crippen molar-refractivity contribution in [1.29, 1.82) is 0 Å². The Hall–Kier alpha value is -0.570. The third kappa shape index (κ3) is 4.47. The molecule has 1 atom stereocenters. The summed E-state index contributed by atoms with van der Waals surface area (Å²) < 4.78 is 0. The molecule has 20 heavy (non-hydrogen) atoms. The summed E-state index contributed by atoms with van der Waals surface area (Å²) in [5, 5.41) is 3.42. The van der Waals surface area contributed by atoms with Crippen LogP contribution in [0.25, 0.3) is 0 Å². The Labute approximate surface area is 124 Å². The maximum Gasteiger partial charge on any atom is 0.225 e. The molecule has 1 unspecified atom stereocenters. The molecule has 0 aromatic carbocycles. The van der Waals surface area contributed by atoms with Crippen molar-refractivity contribution in [3.63, 3.8) is 0 Å². The molecule has 2 rings (SSSR count). The molecule has 0 aromatic heterocycles. The van der Waals surface area contributed by atoms with Crippen LogP contribution in [0.4, 0.5) is 0 Å². The second-order valence-corrected chi connectivity index (χ2v) is 6.66. The summed E-state index contributed by atoms with van der Waals surface area (Å²) in [6.07, 6.45) is 9.43. The number of nitrogens with one attached hydrogen (secondary N) is 1. The molecule has 1 saturated heterocycles. The van der Waals surface area contributed by atoms with Crippen molar-refractivity contribution in [2.75, 3.05) is 19.6 Å². The van der Waals surface area contributed by atoms with Crippen molar-refractivity contribution in [2.45, 2.75) is 71.3 Å². The molecular formula is C17H32N2O. The van der Waals surface area contributed by atoms with Crippen molar-refractivity contribution in [2.24, 2.45) is 11.8 Å². The Morgan fingerprint density at radius 2 is 1.90 bits per heavy atom. The molecule has 0 spiro atoms. The van der Waals surface area contributed by atoms with Gasteiger partial charge in [-0.3, -0.25) is 4.79 Å². The molecular weight excluding hydrogens is 248 g/mol. The highest BCUT2D eigenvalue weighted by molar-refractivity contribution is 5.79. The van der Waals surface area contributed by atoms with E-state index in [1.165, 1.54) is 38.5 Å². The van der Waals surface area contributed by atoms with Crippen LogP contribution < -0.4 is 5.32 Å². The first-order chi connectivity index (χ1) is 9.76. The van der Waals surface area contributed by atoms with E-state index in [1.807, 2.05) is 0 Å². The van der Waals surface area contributed by atoms with Gasteiger partial charge in [-0.05, 0) is 57.5 Å². The van der Waals surface area contributed by atoms with Gasteiger partial charge in [0.05, 0.1) is 0 Å². The lowest BCUT2D eigenvalue weighted by Crippen LogP contribution is -2.43. The van der Waals surface area contributed by atoms with E-state index in [0.717, 1.165) is 38.4 Å². The number of hydrogen-bond donors (Lipinski definition) is 1. The maximum atomic E-state index is 12.8. The van der Waals surface area contributed by atoms with Crippen LogP contribution in [0, 0.1) is 11.8 Å². The fourth-order valence-corrected chi connectivity index (χ4v) is 3.33. The lowest BCUT2D eigenvalue weighted by molar-refractivity contribution is -0.137. The van der Waals surface area contributed by atoms with Crippen LogP contribution in [0.15, 0.2) is 0 Å². The van der Waals surface area contributed by atoms with Gasteiger partial charge in [0.25, 0.3) is 0 Å². The average molecular weight is 280 g/mol. The Morgan fingerprint density at radius 3 is 2.45 bits per heavy atom. The van der Waals surface area contributed by atoms with Gasteiger partial charge in [-0.2, -0.15) is 0 Å². The number of unbranched alkanes of at least 4 members (excludes halogenated alkanes) is 1. The van der Waals surface area contributed by atoms with Gasteiger partial charge < -0.3 is 10.2 Å². The van der Waals surface area contributed by atoms with Crippen molar-refractivity contribution < 1.29 is 4.79 Å². The third-order valence-corrected chi connectivity index (χ3v) is 4.93. The highest BCUT2D eigenvalue weighted by Gasteiger charge is 2.36. The molecule has 3 heteroatoms. The Kier molecular flexibility index (Phi) is 6.34. The fraction of sp³-hybridized carbons (Fsp3) is 0.941. The monoisotopic (exact) mass is 280 g/mol. The van der Waals surface area contributed by atoms with Gasteiger partial charge in [0.1, 0.15) is 0 Å². The van der Waals surface area contributed by atoms with E-state index >= 15 is 0 Å². The number of nitrogens with zero attached hydrogens (tertiary/aromatic N) is 1. The van der Waals surface area contributed by atoms with E-state index in [-0.39, 0.29) is 5.92 Å². The Morgan fingerprint density at radius 1 is 1.20 bits per heavy atom. The van der Waals surface area contributed by atoms with Crippen molar-refractivity contribution >= 4 is 5.91 Å². The highest BCUT2D eigenvalue weighted by atomic mass is 16.2. The largest absolute Gasteiger partial charge is 0.339 e. The number of hydrogen-bond acceptors (Lipinski definition) is 2. The quantitative estimate of drug-likeness (QED) is 0.740. The van der Waals surface area contributed by atoms with Crippen LogP contribution in [0.5, 0.6) is 0 Å². The van der Waals surface area contributed by atoms with E-state index in [4.69, 9.17) is 0 Å². The zero-order valence-electron chi connectivity index (χ0n) is 13.4. The second-order valence-electron chi connectivity index (χ2n) is 6.66. The fourth-order valence-electron chi connectivity index (χ4n) is 3.33. The van der Waals surface area contributed by atoms with Crippen LogP contribution in [-0.2, 0) is 4.79 Å². The minimum Gasteiger partial charge on any atom is -0.339 e. The normalized spacial score (nSPS) is 21.7. The predicted molar refractivity (Wildman–Crippen MR) is 83.6 cm³/mol. The Bertz CT molecular complexity index is 295. The molecule has 0 bridgehead atoms. The van der Waals surface area contributed by atoms with Crippen molar-refractivity contribution in [3.8, 4) is 0 Å². The van der Waals surface area contributed by atoms with Crippen LogP contribution in [0.3, 0.4) is 0 Å². The van der Waals surface area contributed by atoms with Crippen LogP contribution in [0.2, 0.25) is 0 Å². The number of carbonyl (C=O) groups excluding carboxylic acids is 1. The number of rotatable bonds is 8. The number of amides is 1. The summed E-state index contributed by atoms with van der Waals surface area (Å²) in [4.78, 5) is 15.1. The van der Waals surface area contributed by atoms with Gasteiger partial charge in [0.15, 0.2) is 0 Å². The minimum absolute atomic E-state index is 0.275. The minimum atomic E-state index is 0.275. The van der Waals surface area contributed by atoms with E-state index in [2.05, 4.69) is 24.1 Å². The number of piperidine rings is 1. The lowest BCUT2D eigenvalue weighted by Gasteiger charge is -2.32. The summed E-state index contributed by atoms with van der Waals surface area (Å²) in [6.45, 7) is 7.67. The zero-order valence-corrected chi connectivity index (χ0v) is 13.4. The first-order valence-corrected chi connectivity index (χ1v) is 8.77. The lowest BCUT2D eigenvalue weighted by atomic mass is 9.94. The van der Waals surface area contributed by atoms with Crippen LogP contribution in [0.1, 0.15) is 65.2 Å². The first-order valence-electron chi connectivity index (χ1n) is 8.77. The molecule has 116 valence electrons. The molecule has 1 heterocycles. The van der Waals surface area contributed by atoms with Gasteiger partial charge in [-0.25, -0.2) is 0 Å². The topological polar surface area (TPSA) is 32.3 Å². The number of carbonyl (C=O) groups is 1. The molecule has 2 aliphatic rings. The van der Waals surface area contributed by atoms with Gasteiger partial charge in [-0.1, -0.05) is 26.7 Å². The molecule has 1 N–H and O–H groups in total. The second kappa shape index (κ2) is 8.02. The summed E-state index contributed by atoms with van der Waals surface area (Å²) in [7, 11) is 0. The summed E-state index contributed by atoms with van der Waals surface area (Å²) >= 11 is 0. The third-order valence-electron chi connectivity index (χ3n) is 4.93. The van der Waals surface area contributed by atoms with Crippen LogP contribution in [-0.4, -0.2) is 36.5 Å². The molecule has 0 radical (unpaired) electrons. The zero-order chi connectivity index (χ0) is 14.4. The van der Waals surface area contributed by atoms with Gasteiger partial charge >= 0.3 is 0 Å². The summed E-state index contributed by atoms with van der Waals surface area (Å²) in [5.41, 5.74) is 0. The molecule has 0 aromatic rings. The van der Waals surface area contributed by atoms with E-state index in [1.54, 1.807) is 0 Å². The van der Waals surface area contributed by atoms with Crippen LogP contribution >= 0.6 is 0 Å². The maximum absolute atomic E-state index is 12.8. The molecule has 1 saturated carbocycles. The van der Waals surface area contributed by atoms with Gasteiger partial charge in [0, 0.05) is 18.5 Å². The molecule has 1 amide bonds. The van der Waals surface area contributed by atoms with E-state index < -0.39 is 0 Å². The Balaban J connectivity index is 1.90. The van der Waals surface area contributed by atoms with E-state index in [9.17, 15) is 4.79 Å². The SMILES string of the molecule is CCCCC(CC)C(=O)N(CC1CCNCC1)C1CC1.